The minimum Gasteiger partial charge on any atom is -0.315 e. The van der Waals surface area contributed by atoms with E-state index < -0.39 is 4.92 Å². The smallest absolute Gasteiger partial charge is 0.269 e. The highest BCUT2D eigenvalue weighted by atomic mass is 32.2. The van der Waals surface area contributed by atoms with Gasteiger partial charge in [-0.15, -0.1) is 11.8 Å². The van der Waals surface area contributed by atoms with Gasteiger partial charge < -0.3 is 4.57 Å². The molecule has 0 saturated heterocycles. The van der Waals surface area contributed by atoms with Crippen LogP contribution in [0.4, 0.5) is 10.1 Å². The summed E-state index contributed by atoms with van der Waals surface area (Å²) in [5, 5.41) is 14.7. The molecule has 0 saturated carbocycles. The Morgan fingerprint density at radius 2 is 1.94 bits per heavy atom. The summed E-state index contributed by atoms with van der Waals surface area (Å²) in [6.07, 6.45) is 1.54. The number of carbonyl (C=O) groups excluding carboxylic acids is 1. The fraction of sp³-hybridized carbons (Fsp3) is 0.182. The minimum absolute atomic E-state index is 0.0372. The maximum atomic E-state index is 14.2. The molecule has 0 spiro atoms. The van der Waals surface area contributed by atoms with Crippen LogP contribution in [0.5, 0.6) is 0 Å². The second-order valence-electron chi connectivity index (χ2n) is 6.82. The van der Waals surface area contributed by atoms with Crippen LogP contribution in [0, 0.1) is 29.8 Å². The summed E-state index contributed by atoms with van der Waals surface area (Å²) in [4.78, 5) is 22.2. The van der Waals surface area contributed by atoms with Gasteiger partial charge in [0.2, 0.25) is 5.91 Å². The largest absolute Gasteiger partial charge is 0.315 e. The molecule has 1 N–H and O–H groups in total. The molecule has 2 aromatic carbocycles. The summed E-state index contributed by atoms with van der Waals surface area (Å²) in [5.74, 6) is 0.179. The van der Waals surface area contributed by atoms with E-state index in [1.807, 2.05) is 19.9 Å². The van der Waals surface area contributed by atoms with Gasteiger partial charge in [-0.05, 0) is 37.6 Å². The average molecular weight is 441 g/mol. The molecule has 0 bridgehead atoms. The number of para-hydroxylation sites is 1. The van der Waals surface area contributed by atoms with Crippen LogP contribution in [0.3, 0.4) is 0 Å². The van der Waals surface area contributed by atoms with Crippen molar-refractivity contribution < 1.29 is 14.1 Å². The maximum Gasteiger partial charge on any atom is 0.269 e. The average Bonchev–Trinajstić information content (AvgIpc) is 3.02. The Kier molecular flexibility index (Phi) is 7.19. The summed E-state index contributed by atoms with van der Waals surface area (Å²) >= 11 is 1.38. The van der Waals surface area contributed by atoms with Crippen LogP contribution in [-0.2, 0) is 10.5 Å². The molecule has 3 rings (SSSR count). The quantitative estimate of drug-likeness (QED) is 0.317. The third kappa shape index (κ3) is 5.58. The Hall–Kier alpha value is -3.46. The standard InChI is InChI=1S/C22H21FN4O3S/c1-15-11-18(16(2)26(15)21-6-4-3-5-20(21)23)12-24-25-22(28)14-31-13-17-7-9-19(10-8-17)27(29)30/h3-12H,13-14H2,1-2H3,(H,25,28)/b24-12-. The highest BCUT2D eigenvalue weighted by Crippen LogP contribution is 2.22. The normalized spacial score (nSPS) is 11.1. The van der Waals surface area contributed by atoms with Crippen LogP contribution < -0.4 is 5.43 Å². The molecule has 1 heterocycles. The molecule has 31 heavy (non-hydrogen) atoms. The molecule has 7 nitrogen and oxygen atoms in total. The number of nitro benzene ring substituents is 1. The van der Waals surface area contributed by atoms with Crippen LogP contribution in [-0.4, -0.2) is 27.4 Å². The van der Waals surface area contributed by atoms with Gasteiger partial charge >= 0.3 is 0 Å². The Bertz CT molecular complexity index is 1130. The number of amides is 1. The van der Waals surface area contributed by atoms with Crippen LogP contribution >= 0.6 is 11.8 Å². The lowest BCUT2D eigenvalue weighted by Gasteiger charge is -2.10. The summed E-state index contributed by atoms with van der Waals surface area (Å²) < 4.78 is 16.0. The first kappa shape index (κ1) is 22.2. The second-order valence-corrected chi connectivity index (χ2v) is 7.81. The van der Waals surface area contributed by atoms with Crippen molar-refractivity contribution in [1.29, 1.82) is 0 Å². The lowest BCUT2D eigenvalue weighted by Crippen LogP contribution is -2.19. The molecule has 0 fully saturated rings. The van der Waals surface area contributed by atoms with Gasteiger partial charge in [-0.3, -0.25) is 14.9 Å². The van der Waals surface area contributed by atoms with Crippen molar-refractivity contribution in [3.8, 4) is 5.69 Å². The van der Waals surface area contributed by atoms with Crippen molar-refractivity contribution >= 4 is 29.6 Å². The lowest BCUT2D eigenvalue weighted by molar-refractivity contribution is -0.384. The SMILES string of the molecule is Cc1cc(/C=N\NC(=O)CSCc2ccc([N+](=O)[O-])cc2)c(C)n1-c1ccccc1F. The van der Waals surface area contributed by atoms with Crippen molar-refractivity contribution in [3.05, 3.63) is 93.0 Å². The molecular formula is C22H21FN4O3S. The number of thioether (sulfide) groups is 1. The number of aromatic nitrogens is 1. The topological polar surface area (TPSA) is 89.5 Å². The van der Waals surface area contributed by atoms with Crippen molar-refractivity contribution in [2.75, 3.05) is 5.75 Å². The number of carbonyl (C=O) groups is 1. The van der Waals surface area contributed by atoms with Gasteiger partial charge in [0.05, 0.1) is 22.6 Å². The molecule has 1 aromatic heterocycles. The number of aryl methyl sites for hydroxylation is 1. The molecule has 0 aliphatic heterocycles. The van der Waals surface area contributed by atoms with Gasteiger partial charge in [0.15, 0.2) is 0 Å². The van der Waals surface area contributed by atoms with Gasteiger partial charge in [0, 0.05) is 34.8 Å². The maximum absolute atomic E-state index is 14.2. The zero-order valence-electron chi connectivity index (χ0n) is 17.0. The molecule has 0 aliphatic rings. The molecule has 3 aromatic rings. The molecule has 0 atom stereocenters. The van der Waals surface area contributed by atoms with E-state index in [0.29, 0.717) is 11.4 Å². The highest BCUT2D eigenvalue weighted by molar-refractivity contribution is 7.99. The van der Waals surface area contributed by atoms with Crippen molar-refractivity contribution in [2.24, 2.45) is 5.10 Å². The van der Waals surface area contributed by atoms with E-state index in [2.05, 4.69) is 10.5 Å². The summed E-state index contributed by atoms with van der Waals surface area (Å²) in [6, 6.07) is 14.6. The first-order chi connectivity index (χ1) is 14.9. The fourth-order valence-electron chi connectivity index (χ4n) is 3.10. The second kappa shape index (κ2) is 10.0. The first-order valence-corrected chi connectivity index (χ1v) is 10.6. The molecule has 9 heteroatoms. The lowest BCUT2D eigenvalue weighted by atomic mass is 10.2. The van der Waals surface area contributed by atoms with Gasteiger partial charge in [-0.1, -0.05) is 24.3 Å². The van der Waals surface area contributed by atoms with E-state index in [1.54, 1.807) is 41.1 Å². The van der Waals surface area contributed by atoms with Crippen LogP contribution in [0.25, 0.3) is 5.69 Å². The number of hydrazone groups is 1. The monoisotopic (exact) mass is 440 g/mol. The van der Waals surface area contributed by atoms with E-state index in [1.165, 1.54) is 30.0 Å². The predicted octanol–water partition coefficient (Wildman–Crippen LogP) is 4.52. The fourth-order valence-corrected chi connectivity index (χ4v) is 3.88. The number of non-ortho nitro benzene ring substituents is 1. The number of halogens is 1. The van der Waals surface area contributed by atoms with Gasteiger partial charge in [-0.2, -0.15) is 5.10 Å². The predicted molar refractivity (Wildman–Crippen MR) is 120 cm³/mol. The summed E-state index contributed by atoms with van der Waals surface area (Å²) in [7, 11) is 0. The Morgan fingerprint density at radius 3 is 2.61 bits per heavy atom. The zero-order valence-corrected chi connectivity index (χ0v) is 17.9. The Labute approximate surface area is 183 Å². The molecule has 1 amide bonds. The zero-order chi connectivity index (χ0) is 22.4. The number of rotatable bonds is 8. The highest BCUT2D eigenvalue weighted by Gasteiger charge is 2.12. The third-order valence-electron chi connectivity index (χ3n) is 4.61. The van der Waals surface area contributed by atoms with Crippen molar-refractivity contribution in [1.82, 2.24) is 9.99 Å². The number of hydrogen-bond donors (Lipinski definition) is 1. The van der Waals surface area contributed by atoms with E-state index in [9.17, 15) is 19.3 Å². The van der Waals surface area contributed by atoms with E-state index in [4.69, 9.17) is 0 Å². The molecule has 0 aliphatic carbocycles. The first-order valence-electron chi connectivity index (χ1n) is 9.43. The molecule has 0 unspecified atom stereocenters. The van der Waals surface area contributed by atoms with Crippen LogP contribution in [0.15, 0.2) is 59.7 Å². The van der Waals surface area contributed by atoms with Gasteiger partial charge in [0.25, 0.3) is 5.69 Å². The van der Waals surface area contributed by atoms with Crippen molar-refractivity contribution in [2.45, 2.75) is 19.6 Å². The minimum atomic E-state index is -0.448. The number of benzene rings is 2. The van der Waals surface area contributed by atoms with Gasteiger partial charge in [-0.25, -0.2) is 9.82 Å². The number of nitro groups is 1. The third-order valence-corrected chi connectivity index (χ3v) is 5.61. The van der Waals surface area contributed by atoms with E-state index in [-0.39, 0.29) is 23.2 Å². The molecule has 0 radical (unpaired) electrons. The van der Waals surface area contributed by atoms with Crippen molar-refractivity contribution in [3.63, 3.8) is 0 Å². The van der Waals surface area contributed by atoms with Crippen LogP contribution in [0.2, 0.25) is 0 Å². The number of nitrogens with one attached hydrogen (secondary N) is 1. The Morgan fingerprint density at radius 1 is 1.23 bits per heavy atom. The number of hydrogen-bond acceptors (Lipinski definition) is 5. The van der Waals surface area contributed by atoms with Gasteiger partial charge in [0.1, 0.15) is 5.82 Å². The van der Waals surface area contributed by atoms with Crippen LogP contribution in [0.1, 0.15) is 22.5 Å². The number of nitrogens with zero attached hydrogens (tertiary/aromatic N) is 3. The van der Waals surface area contributed by atoms with E-state index >= 15 is 0 Å². The van der Waals surface area contributed by atoms with E-state index in [0.717, 1.165) is 22.5 Å². The molecule has 160 valence electrons. The summed E-state index contributed by atoms with van der Waals surface area (Å²) in [5.41, 5.74) is 6.33. The summed E-state index contributed by atoms with van der Waals surface area (Å²) in [6.45, 7) is 3.74. The Balaban J connectivity index is 1.53. The molecular weight excluding hydrogens is 419 g/mol.